The van der Waals surface area contributed by atoms with E-state index in [-0.39, 0.29) is 0 Å². The second kappa shape index (κ2) is 6.19. The van der Waals surface area contributed by atoms with Gasteiger partial charge in [-0.25, -0.2) is 0 Å². The number of hydrogen-bond acceptors (Lipinski definition) is 3. The molecule has 0 aromatic heterocycles. The monoisotopic (exact) mass is 245 g/mol. The summed E-state index contributed by atoms with van der Waals surface area (Å²) in [5.41, 5.74) is 6.05. The minimum absolute atomic E-state index is 0.383. The van der Waals surface area contributed by atoms with Crippen LogP contribution in [0.1, 0.15) is 24.2 Å². The van der Waals surface area contributed by atoms with Crippen molar-refractivity contribution in [3.63, 3.8) is 0 Å². The van der Waals surface area contributed by atoms with E-state index in [1.807, 2.05) is 13.8 Å². The van der Waals surface area contributed by atoms with Crippen LogP contribution in [0.4, 0.5) is 0 Å². The predicted octanol–water partition coefficient (Wildman–Crippen LogP) is 0.645. The van der Waals surface area contributed by atoms with Gasteiger partial charge in [0.1, 0.15) is 0 Å². The summed E-state index contributed by atoms with van der Waals surface area (Å²) < 4.78 is 0. The Morgan fingerprint density at radius 3 is 2.39 bits per heavy atom. The number of hydrogen-bond donors (Lipinski definition) is 3. The van der Waals surface area contributed by atoms with E-state index in [1.165, 1.54) is 0 Å². The molecule has 1 amide bonds. The number of carbonyl (C=O) groups excluding carboxylic acids is 1. The largest absolute Gasteiger partial charge is 0.488 e. The Kier molecular flexibility index (Phi) is 4.89. The second-order valence-electron chi connectivity index (χ2n) is 3.52. The number of amides is 1. The average molecular weight is 245 g/mol. The quantitative estimate of drug-likeness (QED) is 0.679. The zero-order chi connectivity index (χ0) is 13.7. The summed E-state index contributed by atoms with van der Waals surface area (Å²) in [6.07, 6.45) is 0. The van der Waals surface area contributed by atoms with Gasteiger partial charge in [0.2, 0.25) is 5.91 Å². The van der Waals surface area contributed by atoms with Gasteiger partial charge < -0.3 is 15.8 Å². The summed E-state index contributed by atoms with van der Waals surface area (Å²) >= 11 is 0. The Morgan fingerprint density at radius 1 is 1.17 bits per heavy atom. The summed E-state index contributed by atoms with van der Waals surface area (Å²) in [4.78, 5) is 11.2. The van der Waals surface area contributed by atoms with Crippen molar-refractivity contribution >= 4 is 29.3 Å². The molecule has 0 atom stereocenters. The molecule has 0 spiro atoms. The fraction of sp³-hybridized carbons (Fsp3) is 0.154. The number of benzene rings is 2. The highest BCUT2D eigenvalue weighted by Gasteiger charge is 2.12. The number of fused-ring (bicyclic) bond motifs is 1. The van der Waals surface area contributed by atoms with E-state index in [2.05, 4.69) is 0 Å². The molecule has 4 nitrogen and oxygen atoms in total. The summed E-state index contributed by atoms with van der Waals surface area (Å²) in [5, 5.41) is 19.5. The van der Waals surface area contributed by atoms with Crippen LogP contribution in [-0.2, 0) is 0 Å². The van der Waals surface area contributed by atoms with E-state index in [4.69, 9.17) is 15.8 Å². The minimum atomic E-state index is -1.51. The normalized spacial score (nSPS) is 9.56. The van der Waals surface area contributed by atoms with E-state index in [0.29, 0.717) is 16.4 Å². The van der Waals surface area contributed by atoms with Crippen LogP contribution in [-0.4, -0.2) is 23.1 Å². The van der Waals surface area contributed by atoms with Gasteiger partial charge in [0.05, 0.1) is 0 Å². The molecule has 18 heavy (non-hydrogen) atoms. The van der Waals surface area contributed by atoms with E-state index >= 15 is 0 Å². The maximum absolute atomic E-state index is 11.2. The summed E-state index contributed by atoms with van der Waals surface area (Å²) in [5.74, 6) is -0.497. The molecule has 0 saturated carbocycles. The van der Waals surface area contributed by atoms with Gasteiger partial charge >= 0.3 is 7.12 Å². The van der Waals surface area contributed by atoms with Crippen LogP contribution < -0.4 is 11.2 Å². The first-order valence-electron chi connectivity index (χ1n) is 5.78. The minimum Gasteiger partial charge on any atom is -0.423 e. The number of carbonyl (C=O) groups is 1. The smallest absolute Gasteiger partial charge is 0.423 e. The molecule has 0 aliphatic rings. The lowest BCUT2D eigenvalue weighted by atomic mass is 9.79. The van der Waals surface area contributed by atoms with Crippen LogP contribution in [0.2, 0.25) is 0 Å². The van der Waals surface area contributed by atoms with Gasteiger partial charge in [0, 0.05) is 5.56 Å². The van der Waals surface area contributed by atoms with Crippen LogP contribution >= 0.6 is 0 Å². The van der Waals surface area contributed by atoms with Gasteiger partial charge in [-0.15, -0.1) is 0 Å². The molecule has 0 radical (unpaired) electrons. The van der Waals surface area contributed by atoms with Crippen LogP contribution in [0.3, 0.4) is 0 Å². The summed E-state index contributed by atoms with van der Waals surface area (Å²) in [6.45, 7) is 4.00. The Labute approximate surface area is 106 Å². The molecule has 0 unspecified atom stereocenters. The van der Waals surface area contributed by atoms with Crippen molar-refractivity contribution in [1.82, 2.24) is 0 Å². The van der Waals surface area contributed by atoms with Gasteiger partial charge in [-0.3, -0.25) is 4.79 Å². The van der Waals surface area contributed by atoms with Crippen molar-refractivity contribution in [2.45, 2.75) is 13.8 Å². The van der Waals surface area contributed by atoms with Crippen molar-refractivity contribution in [2.75, 3.05) is 0 Å². The molecular formula is C13H16BNO3. The molecule has 5 heteroatoms. The van der Waals surface area contributed by atoms with Crippen molar-refractivity contribution in [1.29, 1.82) is 0 Å². The van der Waals surface area contributed by atoms with Crippen LogP contribution in [0, 0.1) is 0 Å². The third kappa shape index (κ3) is 2.88. The van der Waals surface area contributed by atoms with Gasteiger partial charge in [0.15, 0.2) is 0 Å². The highest BCUT2D eigenvalue weighted by molar-refractivity contribution is 6.58. The number of nitrogens with two attached hydrogens (primary N) is 1. The second-order valence-corrected chi connectivity index (χ2v) is 3.52. The lowest BCUT2D eigenvalue weighted by Crippen LogP contribution is -2.29. The Balaban J connectivity index is 0.000000771. The molecule has 94 valence electrons. The van der Waals surface area contributed by atoms with Crippen molar-refractivity contribution < 1.29 is 14.8 Å². The van der Waals surface area contributed by atoms with E-state index in [9.17, 15) is 4.79 Å². The standard InChI is InChI=1S/C11H10BNO3.C2H6/c13-11(14)10-3-1-2-7-6-8(12(15)16)4-5-9(7)10;1-2/h1-6,15-16H,(H2,13,14);1-2H3. The molecule has 0 aliphatic heterocycles. The fourth-order valence-electron chi connectivity index (χ4n) is 1.68. The highest BCUT2D eigenvalue weighted by atomic mass is 16.4. The molecule has 0 fully saturated rings. The fourth-order valence-corrected chi connectivity index (χ4v) is 1.68. The molecular weight excluding hydrogens is 229 g/mol. The summed E-state index contributed by atoms with van der Waals surface area (Å²) in [6, 6.07) is 9.96. The Morgan fingerprint density at radius 2 is 1.83 bits per heavy atom. The lowest BCUT2D eigenvalue weighted by molar-refractivity contribution is 0.100. The molecule has 2 aromatic rings. The maximum atomic E-state index is 11.2. The van der Waals surface area contributed by atoms with Gasteiger partial charge in [-0.2, -0.15) is 0 Å². The van der Waals surface area contributed by atoms with Crippen molar-refractivity contribution in [3.8, 4) is 0 Å². The Bertz CT molecular complexity index is 555. The van der Waals surface area contributed by atoms with E-state index in [1.54, 1.807) is 36.4 Å². The lowest BCUT2D eigenvalue weighted by Gasteiger charge is -2.05. The van der Waals surface area contributed by atoms with Crippen LogP contribution in [0.5, 0.6) is 0 Å². The van der Waals surface area contributed by atoms with Crippen LogP contribution in [0.25, 0.3) is 10.8 Å². The molecule has 0 heterocycles. The van der Waals surface area contributed by atoms with Gasteiger partial charge in [-0.05, 0) is 22.3 Å². The molecule has 2 aromatic carbocycles. The Hall–Kier alpha value is -1.85. The first-order chi connectivity index (χ1) is 8.59. The molecule has 2 rings (SSSR count). The molecule has 0 aliphatic carbocycles. The third-order valence-electron chi connectivity index (χ3n) is 2.47. The number of primary amides is 1. The first-order valence-corrected chi connectivity index (χ1v) is 5.78. The topological polar surface area (TPSA) is 83.6 Å². The molecule has 0 bridgehead atoms. The molecule has 0 saturated heterocycles. The summed E-state index contributed by atoms with van der Waals surface area (Å²) in [7, 11) is -1.51. The SMILES string of the molecule is CC.NC(=O)c1cccc2cc(B(O)O)ccc12. The van der Waals surface area contributed by atoms with Crippen molar-refractivity contribution in [3.05, 3.63) is 42.0 Å². The highest BCUT2D eigenvalue weighted by Crippen LogP contribution is 2.17. The predicted molar refractivity (Wildman–Crippen MR) is 73.6 cm³/mol. The zero-order valence-electron chi connectivity index (χ0n) is 10.4. The molecule has 4 N–H and O–H groups in total. The van der Waals surface area contributed by atoms with Gasteiger partial charge in [-0.1, -0.05) is 44.2 Å². The van der Waals surface area contributed by atoms with Crippen LogP contribution in [0.15, 0.2) is 36.4 Å². The zero-order valence-corrected chi connectivity index (χ0v) is 10.4. The van der Waals surface area contributed by atoms with Crippen molar-refractivity contribution in [2.24, 2.45) is 5.73 Å². The maximum Gasteiger partial charge on any atom is 0.488 e. The van der Waals surface area contributed by atoms with Gasteiger partial charge in [0.25, 0.3) is 0 Å². The van der Waals surface area contributed by atoms with E-state index < -0.39 is 13.0 Å². The third-order valence-corrected chi connectivity index (χ3v) is 2.47. The number of rotatable bonds is 2. The first kappa shape index (κ1) is 14.2. The van der Waals surface area contributed by atoms with E-state index in [0.717, 1.165) is 5.39 Å². The average Bonchev–Trinajstić information content (AvgIpc) is 2.39.